The van der Waals surface area contributed by atoms with Crippen molar-refractivity contribution >= 4 is 28.4 Å². The Bertz CT molecular complexity index is 854. The Kier molecular flexibility index (Phi) is 3.78. The molecular formula is C17H13N3O2. The van der Waals surface area contributed by atoms with E-state index in [9.17, 15) is 10.1 Å². The number of hydrazone groups is 1. The number of nitro benzene ring substituents is 1. The van der Waals surface area contributed by atoms with E-state index in [0.29, 0.717) is 5.69 Å². The molecule has 0 spiro atoms. The minimum absolute atomic E-state index is 0.0327. The summed E-state index contributed by atoms with van der Waals surface area (Å²) in [7, 11) is 0. The molecule has 0 saturated carbocycles. The van der Waals surface area contributed by atoms with Crippen molar-refractivity contribution in [2.45, 2.75) is 0 Å². The molecule has 0 amide bonds. The summed E-state index contributed by atoms with van der Waals surface area (Å²) in [4.78, 5) is 10.3. The standard InChI is InChI=1S/C17H13N3O2/c21-20(22)16-9-4-8-15(11-16)19-18-12-14-7-3-6-13-5-1-2-10-17(13)14/h1-12,19H. The highest BCUT2D eigenvalue weighted by molar-refractivity contribution is 5.99. The van der Waals surface area contributed by atoms with Crippen LogP contribution < -0.4 is 5.43 Å². The molecule has 108 valence electrons. The molecule has 1 N–H and O–H groups in total. The Balaban J connectivity index is 1.82. The molecule has 0 aliphatic heterocycles. The van der Waals surface area contributed by atoms with E-state index in [4.69, 9.17) is 0 Å². The van der Waals surface area contributed by atoms with Crippen molar-refractivity contribution in [1.82, 2.24) is 0 Å². The normalized spacial score (nSPS) is 10.9. The Hall–Kier alpha value is -3.21. The number of rotatable bonds is 4. The van der Waals surface area contributed by atoms with Crippen molar-refractivity contribution < 1.29 is 4.92 Å². The van der Waals surface area contributed by atoms with Gasteiger partial charge >= 0.3 is 0 Å². The van der Waals surface area contributed by atoms with E-state index in [1.807, 2.05) is 42.5 Å². The lowest BCUT2D eigenvalue weighted by Gasteiger charge is -2.02. The third kappa shape index (κ3) is 2.93. The van der Waals surface area contributed by atoms with Crippen LogP contribution >= 0.6 is 0 Å². The van der Waals surface area contributed by atoms with Gasteiger partial charge < -0.3 is 0 Å². The largest absolute Gasteiger partial charge is 0.278 e. The first kappa shape index (κ1) is 13.8. The van der Waals surface area contributed by atoms with E-state index in [1.165, 1.54) is 12.1 Å². The summed E-state index contributed by atoms with van der Waals surface area (Å²) in [6.07, 6.45) is 1.71. The molecule has 22 heavy (non-hydrogen) atoms. The molecule has 0 unspecified atom stereocenters. The molecule has 0 atom stereocenters. The monoisotopic (exact) mass is 291 g/mol. The predicted molar refractivity (Wildman–Crippen MR) is 88.3 cm³/mol. The number of benzene rings is 3. The molecule has 5 heteroatoms. The number of hydrogen-bond acceptors (Lipinski definition) is 4. The van der Waals surface area contributed by atoms with Crippen LogP contribution in [0, 0.1) is 10.1 Å². The maximum atomic E-state index is 10.7. The van der Waals surface area contributed by atoms with Gasteiger partial charge in [0.05, 0.1) is 16.8 Å². The number of nitrogens with one attached hydrogen (secondary N) is 1. The molecule has 0 bridgehead atoms. The molecule has 0 aromatic heterocycles. The van der Waals surface area contributed by atoms with Gasteiger partial charge in [-0.2, -0.15) is 5.10 Å². The van der Waals surface area contributed by atoms with Gasteiger partial charge in [0, 0.05) is 17.7 Å². The molecule has 0 fully saturated rings. The van der Waals surface area contributed by atoms with Crippen molar-refractivity contribution in [3.8, 4) is 0 Å². The van der Waals surface area contributed by atoms with Crippen molar-refractivity contribution in [3.05, 3.63) is 82.4 Å². The maximum absolute atomic E-state index is 10.7. The van der Waals surface area contributed by atoms with E-state index in [1.54, 1.807) is 18.3 Å². The molecule has 0 aliphatic carbocycles. The summed E-state index contributed by atoms with van der Waals surface area (Å²) < 4.78 is 0. The topological polar surface area (TPSA) is 67.5 Å². The Labute approximate surface area is 127 Å². The zero-order chi connectivity index (χ0) is 15.4. The van der Waals surface area contributed by atoms with E-state index < -0.39 is 4.92 Å². The smallest absolute Gasteiger partial charge is 0.271 e. The molecule has 3 aromatic carbocycles. The molecule has 3 rings (SSSR count). The number of nitro groups is 1. The van der Waals surface area contributed by atoms with Gasteiger partial charge in [0.25, 0.3) is 5.69 Å². The first-order valence-electron chi connectivity index (χ1n) is 6.75. The van der Waals surface area contributed by atoms with Gasteiger partial charge in [-0.15, -0.1) is 0 Å². The number of non-ortho nitro benzene ring substituents is 1. The third-order valence-corrected chi connectivity index (χ3v) is 3.28. The average Bonchev–Trinajstić information content (AvgIpc) is 2.55. The zero-order valence-electron chi connectivity index (χ0n) is 11.6. The number of hydrogen-bond donors (Lipinski definition) is 1. The van der Waals surface area contributed by atoms with Crippen LogP contribution in [-0.2, 0) is 0 Å². The van der Waals surface area contributed by atoms with Gasteiger partial charge in [-0.3, -0.25) is 15.5 Å². The number of fused-ring (bicyclic) bond motifs is 1. The van der Waals surface area contributed by atoms with Gasteiger partial charge in [0.1, 0.15) is 0 Å². The van der Waals surface area contributed by atoms with Crippen molar-refractivity contribution in [3.63, 3.8) is 0 Å². The second kappa shape index (κ2) is 6.05. The van der Waals surface area contributed by atoms with Crippen LogP contribution in [0.2, 0.25) is 0 Å². The Morgan fingerprint density at radius 1 is 1.00 bits per heavy atom. The fourth-order valence-electron chi connectivity index (χ4n) is 2.23. The van der Waals surface area contributed by atoms with Crippen molar-refractivity contribution in [2.75, 3.05) is 5.43 Å². The van der Waals surface area contributed by atoms with E-state index in [-0.39, 0.29) is 5.69 Å². The molecule has 5 nitrogen and oxygen atoms in total. The lowest BCUT2D eigenvalue weighted by molar-refractivity contribution is -0.384. The predicted octanol–water partition coefficient (Wildman–Crippen LogP) is 4.19. The molecular weight excluding hydrogens is 278 g/mol. The van der Waals surface area contributed by atoms with Crippen LogP contribution in [0.3, 0.4) is 0 Å². The molecule has 0 saturated heterocycles. The lowest BCUT2D eigenvalue weighted by Crippen LogP contribution is -1.93. The van der Waals surface area contributed by atoms with E-state index >= 15 is 0 Å². The lowest BCUT2D eigenvalue weighted by atomic mass is 10.1. The second-order valence-corrected chi connectivity index (χ2v) is 4.75. The number of nitrogens with zero attached hydrogens (tertiary/aromatic N) is 2. The van der Waals surface area contributed by atoms with Crippen LogP contribution in [0.4, 0.5) is 11.4 Å². The first-order valence-corrected chi connectivity index (χ1v) is 6.75. The minimum Gasteiger partial charge on any atom is -0.278 e. The fraction of sp³-hybridized carbons (Fsp3) is 0. The highest BCUT2D eigenvalue weighted by atomic mass is 16.6. The summed E-state index contributed by atoms with van der Waals surface area (Å²) in [5.74, 6) is 0. The zero-order valence-corrected chi connectivity index (χ0v) is 11.6. The summed E-state index contributed by atoms with van der Waals surface area (Å²) >= 11 is 0. The van der Waals surface area contributed by atoms with Gasteiger partial charge in [-0.1, -0.05) is 48.5 Å². The molecule has 0 radical (unpaired) electrons. The molecule has 0 aliphatic rings. The van der Waals surface area contributed by atoms with Crippen LogP contribution in [-0.4, -0.2) is 11.1 Å². The van der Waals surface area contributed by atoms with Crippen molar-refractivity contribution in [1.29, 1.82) is 0 Å². The Morgan fingerprint density at radius 2 is 1.77 bits per heavy atom. The summed E-state index contributed by atoms with van der Waals surface area (Å²) in [6.45, 7) is 0. The molecule has 3 aromatic rings. The summed E-state index contributed by atoms with van der Waals surface area (Å²) in [5, 5.41) is 17.1. The van der Waals surface area contributed by atoms with Crippen LogP contribution in [0.15, 0.2) is 71.8 Å². The Morgan fingerprint density at radius 3 is 2.64 bits per heavy atom. The van der Waals surface area contributed by atoms with E-state index in [2.05, 4.69) is 10.5 Å². The van der Waals surface area contributed by atoms with Gasteiger partial charge in [-0.25, -0.2) is 0 Å². The quantitative estimate of drug-likeness (QED) is 0.445. The summed E-state index contributed by atoms with van der Waals surface area (Å²) in [6, 6.07) is 20.3. The number of anilines is 1. The minimum atomic E-state index is -0.431. The highest BCUT2D eigenvalue weighted by Crippen LogP contribution is 2.18. The second-order valence-electron chi connectivity index (χ2n) is 4.75. The van der Waals surface area contributed by atoms with Gasteiger partial charge in [-0.05, 0) is 16.8 Å². The van der Waals surface area contributed by atoms with Gasteiger partial charge in [0.2, 0.25) is 0 Å². The summed E-state index contributed by atoms with van der Waals surface area (Å²) in [5.41, 5.74) is 4.41. The molecule has 0 heterocycles. The van der Waals surface area contributed by atoms with Gasteiger partial charge in [0.15, 0.2) is 0 Å². The SMILES string of the molecule is O=[N+]([O-])c1cccc(NN=Cc2cccc3ccccc23)c1. The van der Waals surface area contributed by atoms with Crippen LogP contribution in [0.5, 0.6) is 0 Å². The van der Waals surface area contributed by atoms with E-state index in [0.717, 1.165) is 16.3 Å². The first-order chi connectivity index (χ1) is 10.7. The third-order valence-electron chi connectivity index (χ3n) is 3.28. The fourth-order valence-corrected chi connectivity index (χ4v) is 2.23. The maximum Gasteiger partial charge on any atom is 0.271 e. The van der Waals surface area contributed by atoms with Crippen LogP contribution in [0.25, 0.3) is 10.8 Å². The highest BCUT2D eigenvalue weighted by Gasteiger charge is 2.04. The average molecular weight is 291 g/mol. The van der Waals surface area contributed by atoms with Crippen LogP contribution in [0.1, 0.15) is 5.56 Å². The van der Waals surface area contributed by atoms with Crippen molar-refractivity contribution in [2.24, 2.45) is 5.10 Å².